The lowest BCUT2D eigenvalue weighted by Gasteiger charge is -2.05. The number of aromatic nitrogens is 2. The van der Waals surface area contributed by atoms with E-state index in [2.05, 4.69) is 53.6 Å². The van der Waals surface area contributed by atoms with Crippen LogP contribution in [0.5, 0.6) is 0 Å². The predicted molar refractivity (Wildman–Crippen MR) is 107 cm³/mol. The molecule has 5 nitrogen and oxygen atoms in total. The summed E-state index contributed by atoms with van der Waals surface area (Å²) in [5, 5.41) is 12.9. The van der Waals surface area contributed by atoms with Crippen LogP contribution in [0, 0.1) is 0 Å². The van der Waals surface area contributed by atoms with E-state index in [1.807, 2.05) is 29.3 Å². The van der Waals surface area contributed by atoms with Crippen molar-refractivity contribution in [2.75, 3.05) is 5.32 Å². The normalized spacial score (nSPS) is 11.3. The van der Waals surface area contributed by atoms with Crippen LogP contribution in [0.4, 0.5) is 6.01 Å². The highest BCUT2D eigenvalue weighted by Gasteiger charge is 2.09. The van der Waals surface area contributed by atoms with Gasteiger partial charge in [0.15, 0.2) is 0 Å². The van der Waals surface area contributed by atoms with E-state index in [1.54, 1.807) is 17.4 Å². The van der Waals surface area contributed by atoms with E-state index in [0.29, 0.717) is 17.6 Å². The lowest BCUT2D eigenvalue weighted by molar-refractivity contribution is -0.112. The molecule has 0 aliphatic carbocycles. The monoisotopic (exact) mass is 385 g/mol. The van der Waals surface area contributed by atoms with Crippen molar-refractivity contribution in [2.24, 2.45) is 0 Å². The number of nitrogens with zero attached hydrogens (tertiary/aromatic N) is 2. The Morgan fingerprint density at radius 2 is 2.08 bits per heavy atom. The minimum absolute atomic E-state index is 0.104. The summed E-state index contributed by atoms with van der Waals surface area (Å²) in [6.45, 7) is 4.34. The molecule has 0 aliphatic rings. The van der Waals surface area contributed by atoms with Crippen LogP contribution in [0.1, 0.15) is 30.2 Å². The first-order chi connectivity index (χ1) is 12.6. The standard InChI is InChI=1S/C19H19N3O2S2/c1-13(2)26-16-7-5-14(6-8-16)12-18-21-22-19(24-18)20-17(23)10-9-15-4-3-11-25-15/h3-11,13H,12H2,1-2H3,(H,20,22,23)/b10-9+. The molecule has 1 aromatic carbocycles. The smallest absolute Gasteiger partial charge is 0.322 e. The first kappa shape index (κ1) is 18.4. The largest absolute Gasteiger partial charge is 0.407 e. The van der Waals surface area contributed by atoms with E-state index in [9.17, 15) is 4.79 Å². The zero-order chi connectivity index (χ0) is 18.4. The Kier molecular flexibility index (Phi) is 6.25. The second kappa shape index (κ2) is 8.82. The van der Waals surface area contributed by atoms with Gasteiger partial charge < -0.3 is 4.42 Å². The van der Waals surface area contributed by atoms with Gasteiger partial charge in [0.1, 0.15) is 0 Å². The number of hydrogen-bond acceptors (Lipinski definition) is 6. The maximum Gasteiger partial charge on any atom is 0.322 e. The first-order valence-electron chi connectivity index (χ1n) is 8.19. The Morgan fingerprint density at radius 3 is 2.77 bits per heavy atom. The Balaban J connectivity index is 1.55. The number of carbonyl (C=O) groups is 1. The fourth-order valence-corrected chi connectivity index (χ4v) is 3.65. The number of hydrogen-bond donors (Lipinski definition) is 1. The van der Waals surface area contributed by atoms with Crippen molar-refractivity contribution in [3.05, 3.63) is 64.2 Å². The molecule has 0 saturated heterocycles. The van der Waals surface area contributed by atoms with Crippen LogP contribution < -0.4 is 5.32 Å². The summed E-state index contributed by atoms with van der Waals surface area (Å²) in [6, 6.07) is 12.3. The van der Waals surface area contributed by atoms with Crippen molar-refractivity contribution >= 4 is 41.1 Å². The molecule has 1 N–H and O–H groups in total. The average molecular weight is 386 g/mol. The van der Waals surface area contributed by atoms with E-state index < -0.39 is 0 Å². The van der Waals surface area contributed by atoms with Crippen LogP contribution in [0.25, 0.3) is 6.08 Å². The van der Waals surface area contributed by atoms with Gasteiger partial charge in [0.2, 0.25) is 5.89 Å². The molecule has 0 radical (unpaired) electrons. The Morgan fingerprint density at radius 1 is 1.27 bits per heavy atom. The third-order valence-corrected chi connectivity index (χ3v) is 5.14. The third kappa shape index (κ3) is 5.57. The number of rotatable bonds is 7. The maximum absolute atomic E-state index is 11.9. The molecule has 0 saturated carbocycles. The zero-order valence-corrected chi connectivity index (χ0v) is 16.1. The highest BCUT2D eigenvalue weighted by molar-refractivity contribution is 7.99. The Labute approximate surface area is 160 Å². The number of thioether (sulfide) groups is 1. The van der Waals surface area contributed by atoms with Gasteiger partial charge in [0, 0.05) is 21.1 Å². The summed E-state index contributed by atoms with van der Waals surface area (Å²) in [6.07, 6.45) is 3.72. The summed E-state index contributed by atoms with van der Waals surface area (Å²) in [5.74, 6) is 0.162. The molecule has 26 heavy (non-hydrogen) atoms. The summed E-state index contributed by atoms with van der Waals surface area (Å²) in [4.78, 5) is 14.1. The molecule has 2 heterocycles. The van der Waals surface area contributed by atoms with Gasteiger partial charge >= 0.3 is 6.01 Å². The van der Waals surface area contributed by atoms with Crippen molar-refractivity contribution in [1.82, 2.24) is 10.2 Å². The molecule has 1 amide bonds. The minimum atomic E-state index is -0.302. The van der Waals surface area contributed by atoms with E-state index >= 15 is 0 Å². The van der Waals surface area contributed by atoms with E-state index in [-0.39, 0.29) is 11.9 Å². The molecule has 7 heteroatoms. The van der Waals surface area contributed by atoms with Crippen molar-refractivity contribution in [3.63, 3.8) is 0 Å². The van der Waals surface area contributed by atoms with Gasteiger partial charge in [-0.25, -0.2) is 0 Å². The van der Waals surface area contributed by atoms with Crippen LogP contribution in [-0.2, 0) is 11.2 Å². The van der Waals surface area contributed by atoms with E-state index in [4.69, 9.17) is 4.42 Å². The molecular formula is C19H19N3O2S2. The van der Waals surface area contributed by atoms with Gasteiger partial charge in [-0.1, -0.05) is 37.1 Å². The Bertz CT molecular complexity index is 869. The van der Waals surface area contributed by atoms with Gasteiger partial charge in [0.05, 0.1) is 6.42 Å². The maximum atomic E-state index is 11.9. The van der Waals surface area contributed by atoms with E-state index in [0.717, 1.165) is 10.4 Å². The second-order valence-corrected chi connectivity index (χ2v) is 8.46. The molecule has 0 atom stereocenters. The quantitative estimate of drug-likeness (QED) is 0.464. The third-order valence-electron chi connectivity index (χ3n) is 3.29. The summed E-state index contributed by atoms with van der Waals surface area (Å²) >= 11 is 3.38. The lowest BCUT2D eigenvalue weighted by atomic mass is 10.1. The zero-order valence-electron chi connectivity index (χ0n) is 14.5. The highest BCUT2D eigenvalue weighted by Crippen LogP contribution is 2.23. The number of benzene rings is 1. The molecule has 0 fully saturated rings. The molecule has 0 unspecified atom stereocenters. The number of amides is 1. The van der Waals surface area contributed by atoms with Gasteiger partial charge in [0.25, 0.3) is 5.91 Å². The molecule has 2 aromatic heterocycles. The Hall–Kier alpha value is -2.38. The topological polar surface area (TPSA) is 68.0 Å². The van der Waals surface area contributed by atoms with Crippen LogP contribution in [0.15, 0.2) is 57.2 Å². The van der Waals surface area contributed by atoms with E-state index in [1.165, 1.54) is 11.0 Å². The highest BCUT2D eigenvalue weighted by atomic mass is 32.2. The van der Waals surface area contributed by atoms with Crippen LogP contribution in [0.3, 0.4) is 0 Å². The molecule has 0 spiro atoms. The van der Waals surface area contributed by atoms with Crippen LogP contribution in [-0.4, -0.2) is 21.4 Å². The summed E-state index contributed by atoms with van der Waals surface area (Å²) < 4.78 is 5.50. The molecule has 3 aromatic rings. The fourth-order valence-electron chi connectivity index (χ4n) is 2.20. The van der Waals surface area contributed by atoms with Gasteiger partial charge in [-0.3, -0.25) is 10.1 Å². The molecule has 0 bridgehead atoms. The molecule has 134 valence electrons. The number of carbonyl (C=O) groups excluding carboxylic acids is 1. The van der Waals surface area contributed by atoms with Crippen molar-refractivity contribution < 1.29 is 9.21 Å². The SMILES string of the molecule is CC(C)Sc1ccc(Cc2nnc(NC(=O)/C=C/c3cccs3)o2)cc1. The predicted octanol–water partition coefficient (Wildman–Crippen LogP) is 4.87. The summed E-state index contributed by atoms with van der Waals surface area (Å²) in [7, 11) is 0. The van der Waals surface area contributed by atoms with Gasteiger partial charge in [-0.15, -0.1) is 28.2 Å². The fraction of sp³-hybridized carbons (Fsp3) is 0.211. The van der Waals surface area contributed by atoms with Crippen molar-refractivity contribution in [3.8, 4) is 0 Å². The van der Waals surface area contributed by atoms with Gasteiger partial charge in [-0.2, -0.15) is 0 Å². The minimum Gasteiger partial charge on any atom is -0.407 e. The van der Waals surface area contributed by atoms with Crippen molar-refractivity contribution in [1.29, 1.82) is 0 Å². The summed E-state index contributed by atoms with van der Waals surface area (Å²) in [5.41, 5.74) is 1.08. The number of anilines is 1. The molecule has 3 rings (SSSR count). The number of nitrogens with one attached hydrogen (secondary N) is 1. The molecule has 0 aliphatic heterocycles. The van der Waals surface area contributed by atoms with Crippen molar-refractivity contribution in [2.45, 2.75) is 30.4 Å². The second-order valence-electron chi connectivity index (χ2n) is 5.83. The van der Waals surface area contributed by atoms with Gasteiger partial charge in [-0.05, 0) is 35.2 Å². The lowest BCUT2D eigenvalue weighted by Crippen LogP contribution is -2.07. The number of thiophene rings is 1. The average Bonchev–Trinajstić information content (AvgIpc) is 3.26. The van der Waals surface area contributed by atoms with Crippen LogP contribution >= 0.6 is 23.1 Å². The molecular weight excluding hydrogens is 366 g/mol. The first-order valence-corrected chi connectivity index (χ1v) is 9.95. The van der Waals surface area contributed by atoms with Crippen LogP contribution in [0.2, 0.25) is 0 Å².